The number of nitrogens with two attached hydrogens (primary N) is 1. The maximum Gasteiger partial charge on any atom is 0.145 e. The quantitative estimate of drug-likeness (QED) is 0.901. The second-order valence-electron chi connectivity index (χ2n) is 4.01. The van der Waals surface area contributed by atoms with E-state index in [0.717, 1.165) is 6.42 Å². The zero-order chi connectivity index (χ0) is 12.3. The third-order valence-electron chi connectivity index (χ3n) is 2.59. The molecule has 0 aliphatic rings. The highest BCUT2D eigenvalue weighted by molar-refractivity contribution is 7.07. The van der Waals surface area contributed by atoms with Crippen molar-refractivity contribution in [3.63, 3.8) is 0 Å². The lowest BCUT2D eigenvalue weighted by Crippen LogP contribution is -2.25. The van der Waals surface area contributed by atoms with Gasteiger partial charge in [-0.1, -0.05) is 23.7 Å². The summed E-state index contributed by atoms with van der Waals surface area (Å²) >= 11 is 7.37. The molecule has 0 radical (unpaired) electrons. The maximum atomic E-state index is 13.7. The molecule has 0 saturated heterocycles. The van der Waals surface area contributed by atoms with Gasteiger partial charge >= 0.3 is 0 Å². The van der Waals surface area contributed by atoms with Crippen LogP contribution in [-0.2, 0) is 12.8 Å². The summed E-state index contributed by atoms with van der Waals surface area (Å²) in [6, 6.07) is 6.98. The molecule has 90 valence electrons. The molecule has 4 heteroatoms. The number of halogens is 2. The molecule has 1 heterocycles. The zero-order valence-corrected chi connectivity index (χ0v) is 10.8. The molecule has 0 spiro atoms. The van der Waals surface area contributed by atoms with Gasteiger partial charge in [-0.05, 0) is 46.9 Å². The minimum Gasteiger partial charge on any atom is -0.327 e. The van der Waals surface area contributed by atoms with Crippen LogP contribution in [-0.4, -0.2) is 6.04 Å². The molecule has 1 nitrogen and oxygen atoms in total. The van der Waals surface area contributed by atoms with Gasteiger partial charge in [-0.25, -0.2) is 4.39 Å². The van der Waals surface area contributed by atoms with Crippen LogP contribution in [0.3, 0.4) is 0 Å². The van der Waals surface area contributed by atoms with Gasteiger partial charge in [0.2, 0.25) is 0 Å². The van der Waals surface area contributed by atoms with Gasteiger partial charge in [-0.2, -0.15) is 11.3 Å². The van der Waals surface area contributed by atoms with E-state index in [2.05, 4.69) is 5.38 Å². The normalized spacial score (nSPS) is 12.6. The fraction of sp³-hybridized carbons (Fsp3) is 0.231. The predicted molar refractivity (Wildman–Crippen MR) is 71.1 cm³/mol. The van der Waals surface area contributed by atoms with Crippen LogP contribution >= 0.6 is 22.9 Å². The minimum absolute atomic E-state index is 0.0856. The van der Waals surface area contributed by atoms with E-state index >= 15 is 0 Å². The summed E-state index contributed by atoms with van der Waals surface area (Å²) in [5.74, 6) is -0.352. The Morgan fingerprint density at radius 2 is 2.12 bits per heavy atom. The number of benzene rings is 1. The van der Waals surface area contributed by atoms with Gasteiger partial charge in [-0.15, -0.1) is 0 Å². The van der Waals surface area contributed by atoms with Crippen LogP contribution in [0, 0.1) is 5.82 Å². The van der Waals surface area contributed by atoms with Crippen LogP contribution in [0.4, 0.5) is 4.39 Å². The monoisotopic (exact) mass is 269 g/mol. The molecule has 0 aliphatic heterocycles. The van der Waals surface area contributed by atoms with Crippen molar-refractivity contribution in [3.8, 4) is 0 Å². The number of hydrogen-bond donors (Lipinski definition) is 1. The smallest absolute Gasteiger partial charge is 0.145 e. The average molecular weight is 270 g/mol. The minimum atomic E-state index is -0.352. The lowest BCUT2D eigenvalue weighted by Gasteiger charge is -2.11. The third-order valence-corrected chi connectivity index (χ3v) is 3.62. The second-order valence-corrected chi connectivity index (χ2v) is 5.20. The Bertz CT molecular complexity index is 484. The first-order chi connectivity index (χ1) is 8.16. The second kappa shape index (κ2) is 5.63. The summed E-state index contributed by atoms with van der Waals surface area (Å²) in [6.45, 7) is 0. The van der Waals surface area contributed by atoms with Crippen molar-refractivity contribution in [2.75, 3.05) is 0 Å². The maximum absolute atomic E-state index is 13.7. The van der Waals surface area contributed by atoms with E-state index in [-0.39, 0.29) is 16.9 Å². The topological polar surface area (TPSA) is 26.0 Å². The summed E-state index contributed by atoms with van der Waals surface area (Å²) < 4.78 is 13.7. The summed E-state index contributed by atoms with van der Waals surface area (Å²) in [5.41, 5.74) is 7.79. The molecule has 17 heavy (non-hydrogen) atoms. The Morgan fingerprint density at radius 3 is 2.82 bits per heavy atom. The van der Waals surface area contributed by atoms with E-state index < -0.39 is 0 Å². The highest BCUT2D eigenvalue weighted by Crippen LogP contribution is 2.19. The van der Waals surface area contributed by atoms with Crippen molar-refractivity contribution in [1.29, 1.82) is 0 Å². The molecule has 1 aromatic carbocycles. The molecule has 0 saturated carbocycles. The van der Waals surface area contributed by atoms with Gasteiger partial charge in [0.15, 0.2) is 0 Å². The first kappa shape index (κ1) is 12.6. The fourth-order valence-electron chi connectivity index (χ4n) is 1.77. The third kappa shape index (κ3) is 3.28. The first-order valence-corrected chi connectivity index (χ1v) is 6.68. The van der Waals surface area contributed by atoms with Crippen molar-refractivity contribution >= 4 is 22.9 Å². The molecule has 1 unspecified atom stereocenters. The van der Waals surface area contributed by atoms with E-state index in [4.69, 9.17) is 17.3 Å². The Hall–Kier alpha value is -0.900. The van der Waals surface area contributed by atoms with Crippen LogP contribution in [0.15, 0.2) is 35.0 Å². The van der Waals surface area contributed by atoms with Crippen molar-refractivity contribution in [2.45, 2.75) is 18.9 Å². The summed E-state index contributed by atoms with van der Waals surface area (Å²) in [6.07, 6.45) is 1.26. The van der Waals surface area contributed by atoms with Crippen molar-refractivity contribution in [3.05, 3.63) is 57.0 Å². The highest BCUT2D eigenvalue weighted by Gasteiger charge is 2.11. The Labute approximate surface area is 109 Å². The van der Waals surface area contributed by atoms with Gasteiger partial charge < -0.3 is 5.73 Å². The Balaban J connectivity index is 2.03. The van der Waals surface area contributed by atoms with Crippen LogP contribution in [0.1, 0.15) is 11.1 Å². The van der Waals surface area contributed by atoms with Gasteiger partial charge in [0.25, 0.3) is 0 Å². The van der Waals surface area contributed by atoms with E-state index in [0.29, 0.717) is 12.0 Å². The lowest BCUT2D eigenvalue weighted by molar-refractivity contribution is 0.584. The molecular formula is C13H13ClFNS. The fourth-order valence-corrected chi connectivity index (χ4v) is 2.65. The van der Waals surface area contributed by atoms with E-state index in [1.165, 1.54) is 5.56 Å². The molecule has 1 aromatic heterocycles. The number of rotatable bonds is 4. The van der Waals surface area contributed by atoms with Crippen LogP contribution in [0.25, 0.3) is 0 Å². The van der Waals surface area contributed by atoms with Crippen LogP contribution in [0.5, 0.6) is 0 Å². The first-order valence-electron chi connectivity index (χ1n) is 5.36. The summed E-state index contributed by atoms with van der Waals surface area (Å²) in [4.78, 5) is 0. The van der Waals surface area contributed by atoms with Gasteiger partial charge in [0.1, 0.15) is 5.82 Å². The summed E-state index contributed by atoms with van der Waals surface area (Å²) in [5, 5.41) is 4.24. The van der Waals surface area contributed by atoms with E-state index in [1.807, 2.05) is 11.4 Å². The van der Waals surface area contributed by atoms with E-state index in [1.54, 1.807) is 29.5 Å². The van der Waals surface area contributed by atoms with Crippen LogP contribution in [0.2, 0.25) is 5.02 Å². The molecule has 2 N–H and O–H groups in total. The largest absolute Gasteiger partial charge is 0.327 e. The van der Waals surface area contributed by atoms with Crippen molar-refractivity contribution < 1.29 is 4.39 Å². The molecule has 2 aromatic rings. The molecule has 0 bridgehead atoms. The molecule has 1 atom stereocenters. The number of hydrogen-bond acceptors (Lipinski definition) is 2. The molecular weight excluding hydrogens is 257 g/mol. The molecule has 2 rings (SSSR count). The zero-order valence-electron chi connectivity index (χ0n) is 9.20. The van der Waals surface area contributed by atoms with Gasteiger partial charge in [0, 0.05) is 6.04 Å². The van der Waals surface area contributed by atoms with Crippen molar-refractivity contribution in [2.24, 2.45) is 5.73 Å². The number of thiophene rings is 1. The van der Waals surface area contributed by atoms with Gasteiger partial charge in [0.05, 0.1) is 5.02 Å². The standard InChI is InChI=1S/C13H13ClFNS/c14-12-3-1-2-10(13(12)15)7-11(16)6-9-4-5-17-8-9/h1-5,8,11H,6-7,16H2. The Kier molecular flexibility index (Phi) is 4.15. The van der Waals surface area contributed by atoms with Crippen LogP contribution < -0.4 is 5.73 Å². The Morgan fingerprint density at radius 1 is 1.29 bits per heavy atom. The molecule has 0 aliphatic carbocycles. The molecule has 0 amide bonds. The average Bonchev–Trinajstić information content (AvgIpc) is 2.77. The van der Waals surface area contributed by atoms with Gasteiger partial charge in [-0.3, -0.25) is 0 Å². The lowest BCUT2D eigenvalue weighted by atomic mass is 10.0. The highest BCUT2D eigenvalue weighted by atomic mass is 35.5. The SMILES string of the molecule is NC(Cc1ccsc1)Cc1cccc(Cl)c1F. The predicted octanol–water partition coefficient (Wildman–Crippen LogP) is 3.65. The van der Waals surface area contributed by atoms with E-state index in [9.17, 15) is 4.39 Å². The molecule has 0 fully saturated rings. The summed E-state index contributed by atoms with van der Waals surface area (Å²) in [7, 11) is 0. The van der Waals surface area contributed by atoms with Crippen molar-refractivity contribution in [1.82, 2.24) is 0 Å².